The summed E-state index contributed by atoms with van der Waals surface area (Å²) in [6, 6.07) is 18.0. The van der Waals surface area contributed by atoms with Gasteiger partial charge >= 0.3 is 116 Å². The van der Waals surface area contributed by atoms with E-state index in [0.717, 1.165) is 5.56 Å². The van der Waals surface area contributed by atoms with E-state index in [1.807, 2.05) is 42.5 Å². The number of carbonyl (C=O) groups excluding carboxylic acids is 1. The van der Waals surface area contributed by atoms with E-state index < -0.39 is 17.3 Å². The van der Waals surface area contributed by atoms with Crippen LogP contribution in [0.25, 0.3) is 0 Å². The zero-order chi connectivity index (χ0) is 13.2. The molecule has 1 unspecified atom stereocenters. The van der Waals surface area contributed by atoms with Crippen LogP contribution in [0.5, 0.6) is 0 Å². The predicted molar refractivity (Wildman–Crippen MR) is 79.6 cm³/mol. The number of halogens is 1. The Hall–Kier alpha value is -0.801. The molecule has 0 aliphatic carbocycles. The van der Waals surface area contributed by atoms with Gasteiger partial charge in [0.15, 0.2) is 0 Å². The molecule has 92 valence electrons. The Morgan fingerprint density at radius 3 is 1.94 bits per heavy atom. The molecule has 0 aliphatic heterocycles. The van der Waals surface area contributed by atoms with Gasteiger partial charge in [-0.05, 0) is 0 Å². The topological polar surface area (TPSA) is 17.1 Å². The fourth-order valence-electron chi connectivity index (χ4n) is 1.94. The Labute approximate surface area is 115 Å². The molecule has 3 heteroatoms. The summed E-state index contributed by atoms with van der Waals surface area (Å²) in [5, 5.41) is 0. The average Bonchev–Trinajstić information content (AvgIpc) is 2.40. The number of Topliss-reactive ketones (excluding diaryl/α,β-unsaturated/α-hetero) is 1. The molecular formula is C15H15ClOSn. The van der Waals surface area contributed by atoms with Gasteiger partial charge in [0.1, 0.15) is 0 Å². The first-order valence-corrected chi connectivity index (χ1v) is 15.2. The van der Waals surface area contributed by atoms with Crippen LogP contribution in [0.1, 0.15) is 17.3 Å². The molecule has 0 fully saturated rings. The molecule has 0 aromatic heterocycles. The first kappa shape index (κ1) is 13.6. The molecule has 18 heavy (non-hydrogen) atoms. The molecule has 0 aliphatic rings. The molecule has 0 heterocycles. The third-order valence-electron chi connectivity index (χ3n) is 3.15. The second-order valence-corrected chi connectivity index (χ2v) is 18.6. The Bertz CT molecular complexity index is 546. The minimum atomic E-state index is -2.96. The van der Waals surface area contributed by atoms with Crippen molar-refractivity contribution in [3.63, 3.8) is 0 Å². The van der Waals surface area contributed by atoms with Gasteiger partial charge in [0, 0.05) is 0 Å². The number of ketones is 1. The molecule has 0 amide bonds. The first-order valence-electron chi connectivity index (χ1n) is 5.88. The molecule has 1 nitrogen and oxygen atoms in total. The third kappa shape index (κ3) is 2.78. The Kier molecular flexibility index (Phi) is 4.13. The number of carbonyl (C=O) groups is 1. The Morgan fingerprint density at radius 2 is 1.44 bits per heavy atom. The van der Waals surface area contributed by atoms with E-state index in [1.165, 1.54) is 7.16 Å². The molecule has 0 saturated carbocycles. The molecule has 1 atom stereocenters. The standard InChI is InChI=1S/C8H7O.C6H5.CH3.ClH.Sn/c1-7(9)8-5-3-2-4-6-8;1-2-4-6-5-3-1;;;/h3-6H,1H3;1-5H;1H3;1H;/q;;;;+1/p-1. The normalized spacial score (nSPS) is 13.9. The van der Waals surface area contributed by atoms with Crippen LogP contribution in [-0.2, 0) is 0 Å². The van der Waals surface area contributed by atoms with E-state index >= 15 is 0 Å². The average molecular weight is 365 g/mol. The van der Waals surface area contributed by atoms with Crippen LogP contribution in [0, 0.1) is 0 Å². The summed E-state index contributed by atoms with van der Waals surface area (Å²) >= 11 is -2.96. The van der Waals surface area contributed by atoms with E-state index in [0.29, 0.717) is 0 Å². The first-order chi connectivity index (χ1) is 8.51. The van der Waals surface area contributed by atoms with Crippen LogP contribution in [0.4, 0.5) is 0 Å². The summed E-state index contributed by atoms with van der Waals surface area (Å²) < 4.78 is 2.45. The van der Waals surface area contributed by atoms with Crippen molar-refractivity contribution >= 4 is 39.1 Å². The van der Waals surface area contributed by atoms with Crippen molar-refractivity contribution in [2.24, 2.45) is 0 Å². The van der Waals surface area contributed by atoms with Gasteiger partial charge < -0.3 is 0 Å². The Balaban J connectivity index is 2.39. The number of hydrogen-bond acceptors (Lipinski definition) is 1. The molecule has 2 aromatic carbocycles. The van der Waals surface area contributed by atoms with E-state index in [-0.39, 0.29) is 5.78 Å². The van der Waals surface area contributed by atoms with Crippen LogP contribution in [-0.4, -0.2) is 23.0 Å². The minimum absolute atomic E-state index is 0.0905. The Morgan fingerprint density at radius 1 is 0.944 bits per heavy atom. The molecule has 0 saturated heterocycles. The number of rotatable bonds is 3. The fourth-order valence-corrected chi connectivity index (χ4v) is 9.18. The molecule has 0 spiro atoms. The van der Waals surface area contributed by atoms with Crippen molar-refractivity contribution in [1.29, 1.82) is 0 Å². The van der Waals surface area contributed by atoms with Crippen LogP contribution in [0.15, 0.2) is 54.6 Å². The number of benzene rings is 2. The maximum atomic E-state index is 11.3. The van der Waals surface area contributed by atoms with Crippen molar-refractivity contribution < 1.29 is 4.79 Å². The van der Waals surface area contributed by atoms with Crippen molar-refractivity contribution in [2.45, 2.75) is 11.9 Å². The van der Waals surface area contributed by atoms with Crippen LogP contribution >= 0.6 is 8.92 Å². The fraction of sp³-hybridized carbons (Fsp3) is 0.133. The zero-order valence-electron chi connectivity index (χ0n) is 10.5. The van der Waals surface area contributed by atoms with E-state index in [4.69, 9.17) is 8.92 Å². The van der Waals surface area contributed by atoms with Gasteiger partial charge in [-0.2, -0.15) is 0 Å². The molecule has 2 aromatic rings. The van der Waals surface area contributed by atoms with Crippen molar-refractivity contribution in [1.82, 2.24) is 0 Å². The second kappa shape index (κ2) is 5.45. The van der Waals surface area contributed by atoms with Gasteiger partial charge in [-0.25, -0.2) is 0 Å². The van der Waals surface area contributed by atoms with Gasteiger partial charge in [0.2, 0.25) is 0 Å². The van der Waals surface area contributed by atoms with E-state index in [1.54, 1.807) is 6.92 Å². The van der Waals surface area contributed by atoms with E-state index in [9.17, 15) is 4.79 Å². The maximum absolute atomic E-state index is 11.3. The summed E-state index contributed by atoms with van der Waals surface area (Å²) in [6.45, 7) is 1.58. The van der Waals surface area contributed by atoms with Gasteiger partial charge in [-0.3, -0.25) is 0 Å². The summed E-state index contributed by atoms with van der Waals surface area (Å²) in [4.78, 5) is 13.4. The summed E-state index contributed by atoms with van der Waals surface area (Å²) in [7, 11) is 6.84. The quantitative estimate of drug-likeness (QED) is 0.604. The van der Waals surface area contributed by atoms with Crippen LogP contribution in [0.2, 0.25) is 4.94 Å². The van der Waals surface area contributed by atoms with Gasteiger partial charge in [-0.15, -0.1) is 0 Å². The monoisotopic (exact) mass is 366 g/mol. The predicted octanol–water partition coefficient (Wildman–Crippen LogP) is 2.82. The van der Waals surface area contributed by atoms with E-state index in [2.05, 4.69) is 17.1 Å². The SMILES string of the molecule is CC(=O)c1cc[c]([Sn]([CH3])([Cl])[c]2ccccc2)cc1. The van der Waals surface area contributed by atoms with Crippen molar-refractivity contribution in [2.75, 3.05) is 0 Å². The third-order valence-corrected chi connectivity index (χ3v) is 14.2. The number of hydrogen-bond donors (Lipinski definition) is 0. The second-order valence-electron chi connectivity index (χ2n) is 4.50. The summed E-state index contributed by atoms with van der Waals surface area (Å²) in [5.41, 5.74) is 0.741. The van der Waals surface area contributed by atoms with Gasteiger partial charge in [-0.1, -0.05) is 0 Å². The molecule has 0 bridgehead atoms. The van der Waals surface area contributed by atoms with Crippen molar-refractivity contribution in [3.05, 3.63) is 60.2 Å². The van der Waals surface area contributed by atoms with Crippen LogP contribution < -0.4 is 7.16 Å². The zero-order valence-corrected chi connectivity index (χ0v) is 14.1. The summed E-state index contributed by atoms with van der Waals surface area (Å²) in [6.07, 6.45) is 0. The van der Waals surface area contributed by atoms with Crippen molar-refractivity contribution in [3.8, 4) is 0 Å². The molecule has 0 radical (unpaired) electrons. The summed E-state index contributed by atoms with van der Waals surface area (Å²) in [5.74, 6) is 0.0905. The van der Waals surface area contributed by atoms with Gasteiger partial charge in [0.05, 0.1) is 0 Å². The molecule has 2 rings (SSSR count). The molecular weight excluding hydrogens is 350 g/mol. The van der Waals surface area contributed by atoms with Gasteiger partial charge in [0.25, 0.3) is 0 Å². The molecule has 0 N–H and O–H groups in total. The van der Waals surface area contributed by atoms with Crippen LogP contribution in [0.3, 0.4) is 0 Å².